The Balaban J connectivity index is 1.96. The summed E-state index contributed by atoms with van der Waals surface area (Å²) in [5, 5.41) is 14.8. The highest BCUT2D eigenvalue weighted by molar-refractivity contribution is 7.98. The number of aliphatic hydroxyl groups is 1. The molecule has 0 fully saturated rings. The fraction of sp³-hybridized carbons (Fsp3) is 0.312. The van der Waals surface area contributed by atoms with Crippen LogP contribution in [0, 0.1) is 5.82 Å². The first-order valence-corrected chi connectivity index (χ1v) is 8.97. The second-order valence-corrected chi connectivity index (χ2v) is 6.82. The highest BCUT2D eigenvalue weighted by atomic mass is 32.2. The van der Waals surface area contributed by atoms with Crippen molar-refractivity contribution in [3.8, 4) is 0 Å². The van der Waals surface area contributed by atoms with E-state index in [1.165, 1.54) is 41.3 Å². The zero-order chi connectivity index (χ0) is 16.1. The number of nitrogens with one attached hydrogen (secondary N) is 1. The maximum atomic E-state index is 13.4. The zero-order valence-electron chi connectivity index (χ0n) is 12.4. The van der Waals surface area contributed by atoms with Gasteiger partial charge in [0, 0.05) is 21.4 Å². The Bertz CT molecular complexity index is 631. The maximum absolute atomic E-state index is 13.4. The molecule has 6 heteroatoms. The monoisotopic (exact) mass is 339 g/mol. The van der Waals surface area contributed by atoms with Crippen LogP contribution in [-0.2, 0) is 0 Å². The molecule has 0 bridgehead atoms. The fourth-order valence-corrected chi connectivity index (χ4v) is 3.33. The molecule has 1 heterocycles. The number of carbonyl (C=O) groups excluding carboxylic acids is 1. The Morgan fingerprint density at radius 1 is 1.45 bits per heavy atom. The summed E-state index contributed by atoms with van der Waals surface area (Å²) in [6.45, 7) is 1.84. The Hall–Kier alpha value is -1.37. The van der Waals surface area contributed by atoms with Crippen molar-refractivity contribution < 1.29 is 14.3 Å². The number of hydrogen-bond donors (Lipinski definition) is 2. The molecule has 2 N–H and O–H groups in total. The first-order chi connectivity index (χ1) is 10.5. The van der Waals surface area contributed by atoms with Crippen molar-refractivity contribution in [2.75, 3.05) is 6.26 Å². The van der Waals surface area contributed by atoms with Crippen LogP contribution in [-0.4, -0.2) is 23.3 Å². The largest absolute Gasteiger partial charge is 0.387 e. The molecule has 0 aliphatic carbocycles. The predicted octanol–water partition coefficient (Wildman–Crippen LogP) is 3.85. The van der Waals surface area contributed by atoms with Crippen molar-refractivity contribution in [2.24, 2.45) is 0 Å². The van der Waals surface area contributed by atoms with Gasteiger partial charge in [-0.2, -0.15) is 0 Å². The summed E-state index contributed by atoms with van der Waals surface area (Å²) in [6.07, 6.45) is 1.61. The number of hydrogen-bond acceptors (Lipinski definition) is 4. The molecule has 0 aliphatic rings. The van der Waals surface area contributed by atoms with Crippen LogP contribution in [0.15, 0.2) is 40.6 Å². The van der Waals surface area contributed by atoms with Crippen LogP contribution in [0.3, 0.4) is 0 Å². The molecular weight excluding hydrogens is 321 g/mol. The molecule has 2 rings (SSSR count). The van der Waals surface area contributed by atoms with Gasteiger partial charge in [0.25, 0.3) is 5.91 Å². The number of thioether (sulfide) groups is 1. The molecule has 0 saturated carbocycles. The van der Waals surface area contributed by atoms with Gasteiger partial charge in [0.1, 0.15) is 5.82 Å². The third-order valence-corrected chi connectivity index (χ3v) is 4.97. The summed E-state index contributed by atoms with van der Waals surface area (Å²) < 4.78 is 13.4. The molecule has 1 amide bonds. The van der Waals surface area contributed by atoms with Gasteiger partial charge in [-0.25, -0.2) is 4.39 Å². The van der Waals surface area contributed by atoms with E-state index in [1.807, 2.05) is 24.4 Å². The number of thiophene rings is 1. The van der Waals surface area contributed by atoms with Crippen LogP contribution in [0.4, 0.5) is 4.39 Å². The Labute approximate surface area is 137 Å². The van der Waals surface area contributed by atoms with Gasteiger partial charge >= 0.3 is 0 Å². The number of benzene rings is 1. The molecule has 0 radical (unpaired) electrons. The lowest BCUT2D eigenvalue weighted by atomic mass is 10.1. The summed E-state index contributed by atoms with van der Waals surface area (Å²) >= 11 is 2.75. The second-order valence-electron chi connectivity index (χ2n) is 4.99. The average Bonchev–Trinajstić information content (AvgIpc) is 3.01. The Morgan fingerprint density at radius 2 is 2.23 bits per heavy atom. The van der Waals surface area contributed by atoms with Gasteiger partial charge in [0.05, 0.1) is 6.10 Å². The minimum absolute atomic E-state index is 0.188. The Morgan fingerprint density at radius 3 is 2.86 bits per heavy atom. The molecule has 3 nitrogen and oxygen atoms in total. The van der Waals surface area contributed by atoms with Gasteiger partial charge in [-0.05, 0) is 49.2 Å². The molecule has 118 valence electrons. The van der Waals surface area contributed by atoms with Crippen LogP contribution in [0.25, 0.3) is 0 Å². The molecule has 2 unspecified atom stereocenters. The van der Waals surface area contributed by atoms with Gasteiger partial charge in [-0.15, -0.1) is 23.1 Å². The molecule has 2 atom stereocenters. The third-order valence-electron chi connectivity index (χ3n) is 3.24. The van der Waals surface area contributed by atoms with E-state index in [-0.39, 0.29) is 17.8 Å². The van der Waals surface area contributed by atoms with Gasteiger partial charge in [0.2, 0.25) is 0 Å². The minimum Gasteiger partial charge on any atom is -0.387 e. The van der Waals surface area contributed by atoms with Gasteiger partial charge in [-0.1, -0.05) is 6.07 Å². The summed E-state index contributed by atoms with van der Waals surface area (Å²) in [5.41, 5.74) is 0.420. The van der Waals surface area contributed by atoms with Crippen molar-refractivity contribution in [3.63, 3.8) is 0 Å². The van der Waals surface area contributed by atoms with Crippen molar-refractivity contribution in [3.05, 3.63) is 52.0 Å². The van der Waals surface area contributed by atoms with Crippen LogP contribution in [0.2, 0.25) is 0 Å². The van der Waals surface area contributed by atoms with Crippen LogP contribution >= 0.6 is 23.1 Å². The van der Waals surface area contributed by atoms with Crippen molar-refractivity contribution in [1.82, 2.24) is 5.32 Å². The van der Waals surface area contributed by atoms with Gasteiger partial charge in [0.15, 0.2) is 0 Å². The molecule has 2 aromatic rings. The van der Waals surface area contributed by atoms with Crippen LogP contribution in [0.1, 0.15) is 34.7 Å². The van der Waals surface area contributed by atoms with E-state index < -0.39 is 6.10 Å². The predicted molar refractivity (Wildman–Crippen MR) is 89.0 cm³/mol. The van der Waals surface area contributed by atoms with Crippen molar-refractivity contribution in [1.29, 1.82) is 0 Å². The standard InChI is InChI=1S/C16H18FNO2S2/c1-10(8-13(19)14-4-3-7-22-14)18-16(20)11-5-6-12(17)15(9-11)21-2/h3-7,9-10,13,19H,8H2,1-2H3,(H,18,20). The smallest absolute Gasteiger partial charge is 0.251 e. The third kappa shape index (κ3) is 4.32. The molecule has 0 spiro atoms. The summed E-state index contributed by atoms with van der Waals surface area (Å²) in [6, 6.07) is 7.87. The highest BCUT2D eigenvalue weighted by Gasteiger charge is 2.16. The van der Waals surface area contributed by atoms with Crippen LogP contribution in [0.5, 0.6) is 0 Å². The molecular formula is C16H18FNO2S2. The van der Waals surface area contributed by atoms with E-state index in [1.54, 1.807) is 6.26 Å². The normalized spacial score (nSPS) is 13.6. The van der Waals surface area contributed by atoms with E-state index >= 15 is 0 Å². The van der Waals surface area contributed by atoms with Gasteiger partial charge < -0.3 is 10.4 Å². The molecule has 1 aromatic heterocycles. The van der Waals surface area contributed by atoms with E-state index in [0.29, 0.717) is 16.9 Å². The van der Waals surface area contributed by atoms with Gasteiger partial charge in [-0.3, -0.25) is 4.79 Å². The number of halogens is 1. The fourth-order valence-electron chi connectivity index (χ4n) is 2.10. The lowest BCUT2D eigenvalue weighted by Crippen LogP contribution is -2.33. The zero-order valence-corrected chi connectivity index (χ0v) is 14.0. The van der Waals surface area contributed by atoms with E-state index in [4.69, 9.17) is 0 Å². The molecule has 1 aromatic carbocycles. The first-order valence-electron chi connectivity index (χ1n) is 6.87. The number of carbonyl (C=O) groups is 1. The molecule has 0 saturated heterocycles. The van der Waals surface area contributed by atoms with Crippen molar-refractivity contribution in [2.45, 2.75) is 30.4 Å². The topological polar surface area (TPSA) is 49.3 Å². The molecule has 0 aliphatic heterocycles. The summed E-state index contributed by atoms with van der Waals surface area (Å²) in [4.78, 5) is 13.5. The Kier molecular flexibility index (Phi) is 5.99. The quantitative estimate of drug-likeness (QED) is 0.786. The average molecular weight is 339 g/mol. The minimum atomic E-state index is -0.592. The molecule has 22 heavy (non-hydrogen) atoms. The lowest BCUT2D eigenvalue weighted by molar-refractivity contribution is 0.0918. The number of aliphatic hydroxyl groups excluding tert-OH is 1. The highest BCUT2D eigenvalue weighted by Crippen LogP contribution is 2.23. The van der Waals surface area contributed by atoms with E-state index in [2.05, 4.69) is 5.32 Å². The summed E-state index contributed by atoms with van der Waals surface area (Å²) in [5.74, 6) is -0.591. The first kappa shape index (κ1) is 17.0. The lowest BCUT2D eigenvalue weighted by Gasteiger charge is -2.17. The number of rotatable bonds is 6. The van der Waals surface area contributed by atoms with Crippen molar-refractivity contribution >= 4 is 29.0 Å². The maximum Gasteiger partial charge on any atom is 0.251 e. The van der Waals surface area contributed by atoms with Crippen LogP contribution < -0.4 is 5.32 Å². The van der Waals surface area contributed by atoms with E-state index in [0.717, 1.165) is 4.88 Å². The number of amides is 1. The summed E-state index contributed by atoms with van der Waals surface area (Å²) in [7, 11) is 0. The van der Waals surface area contributed by atoms with E-state index in [9.17, 15) is 14.3 Å². The second kappa shape index (κ2) is 7.76. The SMILES string of the molecule is CSc1cc(C(=O)NC(C)CC(O)c2cccs2)ccc1F.